The van der Waals surface area contributed by atoms with Crippen molar-refractivity contribution in [2.24, 2.45) is 0 Å². The van der Waals surface area contributed by atoms with E-state index < -0.39 is 0 Å². The van der Waals surface area contributed by atoms with Gasteiger partial charge in [-0.3, -0.25) is 4.79 Å². The molecule has 0 amide bonds. The van der Waals surface area contributed by atoms with Gasteiger partial charge < -0.3 is 14.7 Å². The number of phenolic OH excluding ortho intramolecular Hbond substituents is 1. The Morgan fingerprint density at radius 3 is 2.95 bits per heavy atom. The lowest BCUT2D eigenvalue weighted by molar-refractivity contribution is -0.122. The van der Waals surface area contributed by atoms with Crippen LogP contribution in [0.2, 0.25) is 0 Å². The summed E-state index contributed by atoms with van der Waals surface area (Å²) in [6, 6.07) is 5.91. The summed E-state index contributed by atoms with van der Waals surface area (Å²) < 4.78 is 5.24. The van der Waals surface area contributed by atoms with Gasteiger partial charge in [-0.2, -0.15) is 0 Å². The van der Waals surface area contributed by atoms with E-state index in [0.29, 0.717) is 24.4 Å². The number of nitrogens with zero attached hydrogens (tertiary/aromatic N) is 1. The molecule has 108 valence electrons. The predicted octanol–water partition coefficient (Wildman–Crippen LogP) is 2.10. The summed E-state index contributed by atoms with van der Waals surface area (Å²) >= 11 is 0. The van der Waals surface area contributed by atoms with E-state index in [2.05, 4.69) is 11.9 Å². The minimum absolute atomic E-state index is 0.0314. The quantitative estimate of drug-likeness (QED) is 0.898. The summed E-state index contributed by atoms with van der Waals surface area (Å²) in [4.78, 5) is 14.1. The zero-order chi connectivity index (χ0) is 14.3. The number of likely N-dealkylation sites (N-methyl/N-ethyl adjacent to an activating group) is 1. The van der Waals surface area contributed by atoms with E-state index in [1.165, 1.54) is 5.56 Å². The molecular formula is C16H21NO3. The second-order valence-electron chi connectivity index (χ2n) is 6.03. The first-order valence-electron chi connectivity index (χ1n) is 7.16. The lowest BCUT2D eigenvalue weighted by Gasteiger charge is -2.41. The number of Topliss-reactive ketones (excluding diaryl/α,β-unsaturated/α-hetero) is 1. The number of ketones is 1. The first kappa shape index (κ1) is 13.4. The minimum Gasteiger partial charge on any atom is -0.504 e. The largest absolute Gasteiger partial charge is 0.504 e. The summed E-state index contributed by atoms with van der Waals surface area (Å²) in [5.41, 5.74) is 1.22. The van der Waals surface area contributed by atoms with Gasteiger partial charge in [0.25, 0.3) is 0 Å². The number of carbonyl (C=O) groups is 1. The van der Waals surface area contributed by atoms with Gasteiger partial charge in [0, 0.05) is 24.3 Å². The number of fused-ring (bicyclic) bond motifs is 1. The van der Waals surface area contributed by atoms with E-state index in [0.717, 1.165) is 19.4 Å². The molecule has 3 rings (SSSR count). The van der Waals surface area contributed by atoms with Crippen LogP contribution in [0.5, 0.6) is 11.5 Å². The fourth-order valence-corrected chi connectivity index (χ4v) is 3.91. The molecule has 0 aromatic heterocycles. The molecule has 1 saturated heterocycles. The molecule has 1 aromatic rings. The third kappa shape index (κ3) is 1.90. The maximum atomic E-state index is 11.8. The third-order valence-corrected chi connectivity index (χ3v) is 5.11. The van der Waals surface area contributed by atoms with Gasteiger partial charge in [0.1, 0.15) is 5.78 Å². The molecule has 0 spiro atoms. The van der Waals surface area contributed by atoms with Gasteiger partial charge in [-0.1, -0.05) is 6.07 Å². The Morgan fingerprint density at radius 2 is 2.20 bits per heavy atom. The second-order valence-corrected chi connectivity index (χ2v) is 6.03. The molecule has 2 atom stereocenters. The number of hydrogen-bond acceptors (Lipinski definition) is 4. The van der Waals surface area contributed by atoms with Gasteiger partial charge in [-0.05, 0) is 44.1 Å². The highest BCUT2D eigenvalue weighted by atomic mass is 16.5. The lowest BCUT2D eigenvalue weighted by atomic mass is 9.66. The first-order chi connectivity index (χ1) is 9.56. The van der Waals surface area contributed by atoms with Gasteiger partial charge in [-0.25, -0.2) is 0 Å². The highest BCUT2D eigenvalue weighted by Gasteiger charge is 2.50. The van der Waals surface area contributed by atoms with Gasteiger partial charge in [0.15, 0.2) is 11.5 Å². The van der Waals surface area contributed by atoms with Crippen LogP contribution in [-0.2, 0) is 10.2 Å². The van der Waals surface area contributed by atoms with Gasteiger partial charge in [-0.15, -0.1) is 0 Å². The zero-order valence-corrected chi connectivity index (χ0v) is 12.1. The molecule has 0 unspecified atom stereocenters. The van der Waals surface area contributed by atoms with Crippen LogP contribution < -0.4 is 4.74 Å². The topological polar surface area (TPSA) is 49.8 Å². The molecule has 0 bridgehead atoms. The number of phenols is 1. The molecule has 1 saturated carbocycles. The van der Waals surface area contributed by atoms with Crippen molar-refractivity contribution >= 4 is 5.78 Å². The van der Waals surface area contributed by atoms with Crippen LogP contribution >= 0.6 is 0 Å². The second kappa shape index (κ2) is 4.77. The fraction of sp³-hybridized carbons (Fsp3) is 0.562. The molecule has 0 radical (unpaired) electrons. The number of carbonyl (C=O) groups excluding carboxylic acids is 1. The number of aromatic hydroxyl groups is 1. The van der Waals surface area contributed by atoms with E-state index in [9.17, 15) is 9.90 Å². The average molecular weight is 275 g/mol. The highest BCUT2D eigenvalue weighted by Crippen LogP contribution is 2.48. The zero-order valence-electron chi connectivity index (χ0n) is 12.1. The summed E-state index contributed by atoms with van der Waals surface area (Å²) in [7, 11) is 3.67. The van der Waals surface area contributed by atoms with Crippen molar-refractivity contribution in [2.75, 3.05) is 20.7 Å². The van der Waals surface area contributed by atoms with E-state index in [-0.39, 0.29) is 17.2 Å². The Kier molecular flexibility index (Phi) is 3.21. The van der Waals surface area contributed by atoms with Gasteiger partial charge >= 0.3 is 0 Å². The predicted molar refractivity (Wildman–Crippen MR) is 76.2 cm³/mol. The van der Waals surface area contributed by atoms with Crippen LogP contribution in [0.3, 0.4) is 0 Å². The number of likely N-dealkylation sites (tertiary alicyclic amines) is 1. The Labute approximate surface area is 119 Å². The molecule has 1 heterocycles. The molecule has 1 aliphatic heterocycles. The maximum absolute atomic E-state index is 11.8. The molecular weight excluding hydrogens is 254 g/mol. The Hall–Kier alpha value is -1.55. The Morgan fingerprint density at radius 1 is 1.40 bits per heavy atom. The van der Waals surface area contributed by atoms with Crippen LogP contribution in [0.4, 0.5) is 0 Å². The van der Waals surface area contributed by atoms with Crippen molar-refractivity contribution in [3.05, 3.63) is 23.8 Å². The monoisotopic (exact) mass is 275 g/mol. The molecule has 20 heavy (non-hydrogen) atoms. The molecule has 4 nitrogen and oxygen atoms in total. The Bertz CT molecular complexity index is 543. The van der Waals surface area contributed by atoms with Crippen molar-refractivity contribution in [3.8, 4) is 11.5 Å². The van der Waals surface area contributed by atoms with E-state index in [1.807, 2.05) is 12.1 Å². The number of methoxy groups -OCH3 is 1. The Balaban J connectivity index is 2.04. The first-order valence-corrected chi connectivity index (χ1v) is 7.16. The average Bonchev–Trinajstić information content (AvgIpc) is 2.78. The third-order valence-electron chi connectivity index (χ3n) is 5.11. The molecule has 4 heteroatoms. The van der Waals surface area contributed by atoms with Gasteiger partial charge in [0.2, 0.25) is 0 Å². The summed E-state index contributed by atoms with van der Waals surface area (Å²) in [6.45, 7) is 1.02. The minimum atomic E-state index is 0.0314. The van der Waals surface area contributed by atoms with E-state index >= 15 is 0 Å². The van der Waals surface area contributed by atoms with Crippen LogP contribution in [0.1, 0.15) is 31.2 Å². The maximum Gasteiger partial charge on any atom is 0.160 e. The van der Waals surface area contributed by atoms with Crippen LogP contribution in [0.25, 0.3) is 0 Å². The molecule has 2 fully saturated rings. The van der Waals surface area contributed by atoms with Gasteiger partial charge in [0.05, 0.1) is 7.11 Å². The number of benzene rings is 1. The van der Waals surface area contributed by atoms with E-state index in [4.69, 9.17) is 4.74 Å². The van der Waals surface area contributed by atoms with E-state index in [1.54, 1.807) is 13.2 Å². The molecule has 1 aromatic carbocycles. The number of hydrogen-bond donors (Lipinski definition) is 1. The smallest absolute Gasteiger partial charge is 0.160 e. The van der Waals surface area contributed by atoms with Crippen molar-refractivity contribution in [3.63, 3.8) is 0 Å². The summed E-state index contributed by atoms with van der Waals surface area (Å²) in [5, 5.41) is 9.78. The van der Waals surface area contributed by atoms with Crippen molar-refractivity contribution in [1.29, 1.82) is 0 Å². The van der Waals surface area contributed by atoms with Crippen molar-refractivity contribution in [1.82, 2.24) is 4.90 Å². The van der Waals surface area contributed by atoms with Crippen LogP contribution in [-0.4, -0.2) is 42.5 Å². The molecule has 2 aliphatic rings. The summed E-state index contributed by atoms with van der Waals surface area (Å²) in [6.07, 6.45) is 3.26. The lowest BCUT2D eigenvalue weighted by Crippen LogP contribution is -2.46. The van der Waals surface area contributed by atoms with Crippen molar-refractivity contribution in [2.45, 2.75) is 37.1 Å². The normalized spacial score (nSPS) is 30.3. The van der Waals surface area contributed by atoms with Crippen LogP contribution in [0, 0.1) is 0 Å². The molecule has 1 aliphatic carbocycles. The fourth-order valence-electron chi connectivity index (χ4n) is 3.91. The van der Waals surface area contributed by atoms with Crippen LogP contribution in [0.15, 0.2) is 18.2 Å². The number of ether oxygens (including phenoxy) is 1. The standard InChI is InChI=1S/C16H21NO3/c1-17-8-7-16(6-5-12(18)10-15(16)17)11-3-4-13(19)14(9-11)20-2/h3-4,9,15,19H,5-8,10H2,1-2H3/t15-,16-/m1/s1. The SMILES string of the molecule is COc1cc([C@]23CCC(=O)C[C@H]2N(C)CC3)ccc1O. The summed E-state index contributed by atoms with van der Waals surface area (Å²) in [5.74, 6) is 1.05. The molecule has 1 N–H and O–H groups in total. The highest BCUT2D eigenvalue weighted by molar-refractivity contribution is 5.81. The number of rotatable bonds is 2. The van der Waals surface area contributed by atoms with Crippen molar-refractivity contribution < 1.29 is 14.6 Å².